The van der Waals surface area contributed by atoms with Gasteiger partial charge in [-0.2, -0.15) is 4.98 Å². The van der Waals surface area contributed by atoms with Crippen LogP contribution in [0.15, 0.2) is 40.4 Å². The molecule has 2 aromatic heterocycles. The molecule has 158 valence electrons. The zero-order chi connectivity index (χ0) is 21.6. The Labute approximate surface area is 173 Å². The quantitative estimate of drug-likeness (QED) is 0.596. The summed E-state index contributed by atoms with van der Waals surface area (Å²) in [5.74, 6) is 2.17. The van der Waals surface area contributed by atoms with Crippen LogP contribution in [0, 0.1) is 5.92 Å². The number of anilines is 2. The Morgan fingerprint density at radius 1 is 1.23 bits per heavy atom. The van der Waals surface area contributed by atoms with Crippen LogP contribution in [-0.2, 0) is 20.1 Å². The van der Waals surface area contributed by atoms with Gasteiger partial charge in [0.15, 0.2) is 11.2 Å². The highest BCUT2D eigenvalue weighted by Gasteiger charge is 2.31. The minimum absolute atomic E-state index is 0.146. The van der Waals surface area contributed by atoms with E-state index in [1.54, 1.807) is 27.3 Å². The van der Waals surface area contributed by atoms with Crippen molar-refractivity contribution in [2.45, 2.75) is 20.0 Å². The van der Waals surface area contributed by atoms with Crippen molar-refractivity contribution < 1.29 is 9.47 Å². The van der Waals surface area contributed by atoms with Crippen LogP contribution < -0.4 is 25.6 Å². The molecular formula is C21H25N5O4. The summed E-state index contributed by atoms with van der Waals surface area (Å²) in [7, 11) is 4.84. The SMILES string of the molecule is C=CCn1c(=O)c2c(nc3n2CC(C)CN3c2ccc(OC)cc2OC)n(C)c1=O. The van der Waals surface area contributed by atoms with E-state index >= 15 is 0 Å². The number of ether oxygens (including phenoxy) is 2. The van der Waals surface area contributed by atoms with Gasteiger partial charge in [-0.05, 0) is 18.1 Å². The Bertz CT molecular complexity index is 1250. The third kappa shape index (κ3) is 2.89. The van der Waals surface area contributed by atoms with E-state index in [2.05, 4.69) is 13.5 Å². The molecule has 30 heavy (non-hydrogen) atoms. The molecule has 0 saturated carbocycles. The van der Waals surface area contributed by atoms with Crippen molar-refractivity contribution in [3.8, 4) is 11.5 Å². The van der Waals surface area contributed by atoms with Gasteiger partial charge in [0.2, 0.25) is 5.95 Å². The van der Waals surface area contributed by atoms with E-state index in [9.17, 15) is 9.59 Å². The number of aromatic nitrogens is 4. The number of hydrogen-bond donors (Lipinski definition) is 0. The molecule has 0 bridgehead atoms. The second-order valence-corrected chi connectivity index (χ2v) is 7.49. The largest absolute Gasteiger partial charge is 0.497 e. The first kappa shape index (κ1) is 19.8. The van der Waals surface area contributed by atoms with Crippen LogP contribution in [0.3, 0.4) is 0 Å². The van der Waals surface area contributed by atoms with Crippen molar-refractivity contribution in [3.63, 3.8) is 0 Å². The average Bonchev–Trinajstić information content (AvgIpc) is 3.13. The van der Waals surface area contributed by atoms with Gasteiger partial charge < -0.3 is 18.9 Å². The molecule has 1 aliphatic rings. The lowest BCUT2D eigenvalue weighted by Gasteiger charge is -2.33. The van der Waals surface area contributed by atoms with Crippen molar-refractivity contribution in [1.29, 1.82) is 0 Å². The molecule has 0 N–H and O–H groups in total. The maximum absolute atomic E-state index is 13.2. The van der Waals surface area contributed by atoms with Crippen LogP contribution in [0.4, 0.5) is 11.6 Å². The predicted molar refractivity (Wildman–Crippen MR) is 115 cm³/mol. The number of imidazole rings is 1. The van der Waals surface area contributed by atoms with Crippen molar-refractivity contribution in [2.24, 2.45) is 13.0 Å². The van der Waals surface area contributed by atoms with Gasteiger partial charge in [0.25, 0.3) is 5.56 Å². The van der Waals surface area contributed by atoms with E-state index in [4.69, 9.17) is 14.5 Å². The lowest BCUT2D eigenvalue weighted by Crippen LogP contribution is -2.40. The fourth-order valence-corrected chi connectivity index (χ4v) is 4.01. The molecule has 0 saturated heterocycles. The summed E-state index contributed by atoms with van der Waals surface area (Å²) in [4.78, 5) is 32.6. The highest BCUT2D eigenvalue weighted by molar-refractivity contribution is 5.78. The molecule has 1 atom stereocenters. The van der Waals surface area contributed by atoms with Gasteiger partial charge in [0, 0.05) is 32.7 Å². The predicted octanol–water partition coefficient (Wildman–Crippen LogP) is 1.89. The van der Waals surface area contributed by atoms with E-state index in [1.807, 2.05) is 27.7 Å². The number of fused-ring (bicyclic) bond motifs is 3. The van der Waals surface area contributed by atoms with Crippen LogP contribution in [0.2, 0.25) is 0 Å². The molecule has 3 aromatic rings. The molecular weight excluding hydrogens is 386 g/mol. The van der Waals surface area contributed by atoms with Crippen LogP contribution in [0.25, 0.3) is 11.2 Å². The lowest BCUT2D eigenvalue weighted by atomic mass is 10.1. The van der Waals surface area contributed by atoms with Gasteiger partial charge in [-0.1, -0.05) is 13.0 Å². The molecule has 1 aliphatic heterocycles. The Kier molecular flexibility index (Phi) is 4.89. The summed E-state index contributed by atoms with van der Waals surface area (Å²) in [5, 5.41) is 0. The van der Waals surface area contributed by atoms with Crippen molar-refractivity contribution >= 4 is 22.8 Å². The molecule has 9 heteroatoms. The summed E-state index contributed by atoms with van der Waals surface area (Å²) in [5.41, 5.74) is 0.828. The van der Waals surface area contributed by atoms with Gasteiger partial charge in [0.1, 0.15) is 11.5 Å². The average molecular weight is 411 g/mol. The molecule has 1 unspecified atom stereocenters. The molecule has 0 amide bonds. The number of hydrogen-bond acceptors (Lipinski definition) is 6. The first-order chi connectivity index (χ1) is 14.4. The minimum Gasteiger partial charge on any atom is -0.497 e. The topological polar surface area (TPSA) is 83.5 Å². The van der Waals surface area contributed by atoms with E-state index in [0.717, 1.165) is 5.69 Å². The van der Waals surface area contributed by atoms with Crippen molar-refractivity contribution in [3.05, 3.63) is 51.7 Å². The second-order valence-electron chi connectivity index (χ2n) is 7.49. The molecule has 0 spiro atoms. The molecule has 0 fully saturated rings. The maximum atomic E-state index is 13.2. The number of allylic oxidation sites excluding steroid dienone is 1. The zero-order valence-electron chi connectivity index (χ0n) is 17.6. The van der Waals surface area contributed by atoms with Crippen LogP contribution in [-0.4, -0.2) is 39.4 Å². The number of aryl methyl sites for hydroxylation is 1. The third-order valence-corrected chi connectivity index (χ3v) is 5.43. The Morgan fingerprint density at radius 3 is 2.67 bits per heavy atom. The van der Waals surface area contributed by atoms with E-state index in [0.29, 0.717) is 41.7 Å². The molecule has 1 aromatic carbocycles. The summed E-state index contributed by atoms with van der Waals surface area (Å²) < 4.78 is 15.4. The molecule has 0 radical (unpaired) electrons. The summed E-state index contributed by atoms with van der Waals surface area (Å²) in [6.07, 6.45) is 1.54. The van der Waals surface area contributed by atoms with E-state index in [1.165, 1.54) is 9.13 Å². The molecule has 9 nitrogen and oxygen atoms in total. The smallest absolute Gasteiger partial charge is 0.332 e. The van der Waals surface area contributed by atoms with Crippen LogP contribution >= 0.6 is 0 Å². The first-order valence-corrected chi connectivity index (χ1v) is 9.71. The molecule has 3 heterocycles. The van der Waals surface area contributed by atoms with Crippen LogP contribution in [0.1, 0.15) is 6.92 Å². The fourth-order valence-electron chi connectivity index (χ4n) is 4.01. The Balaban J connectivity index is 2.00. The lowest BCUT2D eigenvalue weighted by molar-refractivity contribution is 0.392. The second kappa shape index (κ2) is 7.40. The molecule has 0 aliphatic carbocycles. The monoisotopic (exact) mass is 411 g/mol. The van der Waals surface area contributed by atoms with Crippen molar-refractivity contribution in [2.75, 3.05) is 25.7 Å². The highest BCUT2D eigenvalue weighted by Crippen LogP contribution is 2.39. The van der Waals surface area contributed by atoms with Gasteiger partial charge in [-0.15, -0.1) is 6.58 Å². The summed E-state index contributed by atoms with van der Waals surface area (Å²) in [6, 6.07) is 5.58. The minimum atomic E-state index is -0.413. The first-order valence-electron chi connectivity index (χ1n) is 9.71. The Hall–Kier alpha value is -3.49. The van der Waals surface area contributed by atoms with Gasteiger partial charge in [-0.3, -0.25) is 13.9 Å². The van der Waals surface area contributed by atoms with Crippen molar-refractivity contribution in [1.82, 2.24) is 18.7 Å². The van der Waals surface area contributed by atoms with E-state index < -0.39 is 5.69 Å². The van der Waals surface area contributed by atoms with Gasteiger partial charge in [-0.25, -0.2) is 4.79 Å². The number of nitrogens with zero attached hydrogens (tertiary/aromatic N) is 5. The van der Waals surface area contributed by atoms with Gasteiger partial charge >= 0.3 is 5.69 Å². The summed E-state index contributed by atoms with van der Waals surface area (Å²) >= 11 is 0. The van der Waals surface area contributed by atoms with E-state index in [-0.39, 0.29) is 18.0 Å². The highest BCUT2D eigenvalue weighted by atomic mass is 16.5. The number of rotatable bonds is 5. The normalized spacial score (nSPS) is 15.9. The maximum Gasteiger partial charge on any atom is 0.332 e. The zero-order valence-corrected chi connectivity index (χ0v) is 17.6. The van der Waals surface area contributed by atoms with Crippen LogP contribution in [0.5, 0.6) is 11.5 Å². The fraction of sp³-hybridized carbons (Fsp3) is 0.381. The molecule has 4 rings (SSSR count). The standard InChI is InChI=1S/C21H25N5O4/c1-6-9-24-19(27)17-18(23(3)21(24)28)22-20-25(11-13(2)12-26(17)20)15-8-7-14(29-4)10-16(15)30-5/h6-8,10,13H,1,9,11-12H2,2-5H3. The number of benzene rings is 1. The Morgan fingerprint density at radius 2 is 2.00 bits per heavy atom. The summed E-state index contributed by atoms with van der Waals surface area (Å²) in [6.45, 7) is 7.24. The number of methoxy groups -OCH3 is 2. The third-order valence-electron chi connectivity index (χ3n) is 5.43. The van der Waals surface area contributed by atoms with Gasteiger partial charge in [0.05, 0.1) is 19.9 Å².